The Bertz CT molecular complexity index is 64.0. The van der Waals surface area contributed by atoms with E-state index in [2.05, 4.69) is 15.6 Å². The number of amides is 2. The van der Waals surface area contributed by atoms with Gasteiger partial charge in [-0.3, -0.25) is 4.84 Å². The van der Waals surface area contributed by atoms with E-state index >= 15 is 0 Å². The number of carbonyl (C=O) groups is 1. The molecule has 4 heteroatoms. The Morgan fingerprint density at radius 2 is 2.29 bits per heavy atom. The van der Waals surface area contributed by atoms with E-state index in [-0.39, 0.29) is 0 Å². The van der Waals surface area contributed by atoms with E-state index in [1.54, 1.807) is 0 Å². The summed E-state index contributed by atoms with van der Waals surface area (Å²) in [6.07, 6.45) is 0. The first kappa shape index (κ1) is 6.23. The van der Waals surface area contributed by atoms with E-state index in [0.717, 1.165) is 0 Å². The van der Waals surface area contributed by atoms with Gasteiger partial charge in [-0.2, -0.15) is 0 Å². The lowest BCUT2D eigenvalue weighted by Gasteiger charge is -1.88. The minimum Gasteiger partial charge on any atom is -0.251 e. The van der Waals surface area contributed by atoms with E-state index in [1.807, 2.05) is 0 Å². The van der Waals surface area contributed by atoms with Gasteiger partial charge in [0.05, 0.1) is 7.11 Å². The molecule has 0 saturated carbocycles. The van der Waals surface area contributed by atoms with Gasteiger partial charge >= 0.3 is 6.03 Å². The van der Waals surface area contributed by atoms with E-state index in [9.17, 15) is 4.79 Å². The van der Waals surface area contributed by atoms with Crippen LogP contribution in [-0.4, -0.2) is 20.2 Å². The van der Waals surface area contributed by atoms with Gasteiger partial charge < -0.3 is 0 Å². The minimum absolute atomic E-state index is 0.595. The van der Waals surface area contributed by atoms with E-state index in [0.29, 0.717) is 0 Å². The van der Waals surface area contributed by atoms with Gasteiger partial charge in [0.15, 0.2) is 0 Å². The van der Waals surface area contributed by atoms with Gasteiger partial charge in [0, 0.05) is 7.05 Å². The van der Waals surface area contributed by atoms with Crippen LogP contribution >= 0.6 is 0 Å². The maximum Gasteiger partial charge on any atom is 0.384 e. The largest absolute Gasteiger partial charge is 0.384 e. The van der Waals surface area contributed by atoms with Gasteiger partial charge in [-0.1, -0.05) is 5.48 Å². The summed E-state index contributed by atoms with van der Waals surface area (Å²) >= 11 is 0. The van der Waals surface area contributed by atoms with Crippen LogP contribution in [0.25, 0.3) is 0 Å². The maximum atomic E-state index is 9.95. The molecule has 4 nitrogen and oxygen atoms in total. The second kappa shape index (κ2) is 3.42. The molecule has 0 rings (SSSR count). The summed E-state index contributed by atoms with van der Waals surface area (Å²) in [5, 5.41) is 3.15. The van der Waals surface area contributed by atoms with Crippen molar-refractivity contribution in [3.05, 3.63) is 0 Å². The topological polar surface area (TPSA) is 54.5 Å². The zero-order valence-electron chi connectivity index (χ0n) is 4.21. The molecule has 0 aromatic carbocycles. The molecule has 0 bridgehead atoms. The molecule has 0 spiro atoms. The number of hydroxylamine groups is 1. The number of nitrogens with zero attached hydrogens (tertiary/aromatic N) is 2. The Labute approximate surface area is 41.8 Å². The molecule has 2 radical (unpaired) electrons. The minimum atomic E-state index is -0.595. The van der Waals surface area contributed by atoms with Gasteiger partial charge in [-0.25, -0.2) is 10.1 Å². The SMILES string of the molecule is C[N]C(=O)[N]OC. The van der Waals surface area contributed by atoms with Crippen LogP contribution in [0.1, 0.15) is 0 Å². The van der Waals surface area contributed by atoms with Crippen molar-refractivity contribution >= 4 is 6.03 Å². The normalized spacial score (nSPS) is 7.71. The molecule has 0 N–H and O–H groups in total. The van der Waals surface area contributed by atoms with E-state index in [4.69, 9.17) is 0 Å². The molecule has 0 aromatic heterocycles. The predicted octanol–water partition coefficient (Wildman–Crippen LogP) is -0.494. The van der Waals surface area contributed by atoms with Crippen LogP contribution in [0.15, 0.2) is 0 Å². The fourth-order valence-electron chi connectivity index (χ4n) is 0.119. The Balaban J connectivity index is 3.00. The summed E-state index contributed by atoms with van der Waals surface area (Å²) in [6, 6.07) is -0.595. The van der Waals surface area contributed by atoms with Gasteiger partial charge in [0.1, 0.15) is 0 Å². The summed E-state index contributed by atoms with van der Waals surface area (Å²) in [7, 11) is 2.65. The Hall–Kier alpha value is -0.770. The monoisotopic (exact) mass is 102 g/mol. The highest BCUT2D eigenvalue weighted by atomic mass is 16.6. The molecule has 7 heavy (non-hydrogen) atoms. The standard InChI is InChI=1S/C3H6N2O2/c1-4-3(6)5-7-2/h1-2H3. The first-order valence-corrected chi connectivity index (χ1v) is 1.69. The Kier molecular flexibility index (Phi) is 3.04. The van der Waals surface area contributed by atoms with Crippen molar-refractivity contribution in [1.82, 2.24) is 10.8 Å². The van der Waals surface area contributed by atoms with Gasteiger partial charge in [-0.15, -0.1) is 0 Å². The van der Waals surface area contributed by atoms with Crippen molar-refractivity contribution in [1.29, 1.82) is 0 Å². The molecule has 0 aliphatic rings. The van der Waals surface area contributed by atoms with Crippen LogP contribution in [0.4, 0.5) is 4.79 Å². The summed E-state index contributed by atoms with van der Waals surface area (Å²) < 4.78 is 0. The molecule has 0 unspecified atom stereocenters. The third kappa shape index (κ3) is 3.05. The number of urea groups is 1. The van der Waals surface area contributed by atoms with E-state index < -0.39 is 6.03 Å². The van der Waals surface area contributed by atoms with Crippen LogP contribution < -0.4 is 10.8 Å². The van der Waals surface area contributed by atoms with Crippen molar-refractivity contribution < 1.29 is 9.63 Å². The molecular weight excluding hydrogens is 96.0 g/mol. The third-order valence-electron chi connectivity index (χ3n) is 0.361. The van der Waals surface area contributed by atoms with Crippen LogP contribution in [0.3, 0.4) is 0 Å². The summed E-state index contributed by atoms with van der Waals surface area (Å²) in [4.78, 5) is 14.0. The van der Waals surface area contributed by atoms with Gasteiger partial charge in [-0.05, 0) is 0 Å². The average Bonchev–Trinajstić information content (AvgIpc) is 1.68. The molecule has 0 saturated heterocycles. The summed E-state index contributed by atoms with van der Waals surface area (Å²) in [6.45, 7) is 0. The molecule has 40 valence electrons. The van der Waals surface area contributed by atoms with Crippen molar-refractivity contribution in [3.63, 3.8) is 0 Å². The Morgan fingerprint density at radius 1 is 1.71 bits per heavy atom. The number of hydrogen-bond donors (Lipinski definition) is 0. The molecule has 0 aliphatic carbocycles. The lowest BCUT2D eigenvalue weighted by molar-refractivity contribution is 0.101. The zero-order valence-corrected chi connectivity index (χ0v) is 4.21. The van der Waals surface area contributed by atoms with Crippen LogP contribution in [0, 0.1) is 0 Å². The molecule has 0 heterocycles. The summed E-state index contributed by atoms with van der Waals surface area (Å²) in [5.74, 6) is 0. The highest BCUT2D eigenvalue weighted by molar-refractivity contribution is 5.71. The molecule has 2 amide bonds. The van der Waals surface area contributed by atoms with E-state index in [1.165, 1.54) is 14.2 Å². The van der Waals surface area contributed by atoms with Crippen LogP contribution in [-0.2, 0) is 4.84 Å². The third-order valence-corrected chi connectivity index (χ3v) is 0.361. The second-order valence-corrected chi connectivity index (χ2v) is 0.780. The molecule has 0 aliphatic heterocycles. The highest BCUT2D eigenvalue weighted by Gasteiger charge is 1.94. The van der Waals surface area contributed by atoms with Gasteiger partial charge in [0.2, 0.25) is 0 Å². The zero-order chi connectivity index (χ0) is 5.70. The maximum absolute atomic E-state index is 9.95. The predicted molar refractivity (Wildman–Crippen MR) is 22.6 cm³/mol. The Morgan fingerprint density at radius 3 is 2.43 bits per heavy atom. The highest BCUT2D eigenvalue weighted by Crippen LogP contribution is 1.62. The van der Waals surface area contributed by atoms with Crippen molar-refractivity contribution in [3.8, 4) is 0 Å². The molecule has 0 aromatic rings. The fraction of sp³-hybridized carbons (Fsp3) is 0.667. The molecular formula is C3H6N2O2. The van der Waals surface area contributed by atoms with Crippen LogP contribution in [0.2, 0.25) is 0 Å². The second-order valence-electron chi connectivity index (χ2n) is 0.780. The van der Waals surface area contributed by atoms with Crippen molar-refractivity contribution in [2.45, 2.75) is 0 Å². The molecule has 0 atom stereocenters. The number of carbonyl (C=O) groups excluding carboxylic acids is 1. The van der Waals surface area contributed by atoms with Gasteiger partial charge in [0.25, 0.3) is 0 Å². The number of rotatable bonds is 1. The van der Waals surface area contributed by atoms with Crippen molar-refractivity contribution in [2.24, 2.45) is 0 Å². The first-order chi connectivity index (χ1) is 3.31. The quantitative estimate of drug-likeness (QED) is 0.419. The average molecular weight is 102 g/mol. The smallest absolute Gasteiger partial charge is 0.251 e. The lowest BCUT2D eigenvalue weighted by Crippen LogP contribution is -2.20. The number of hydrogen-bond acceptors (Lipinski definition) is 2. The molecule has 0 fully saturated rings. The first-order valence-electron chi connectivity index (χ1n) is 1.69. The lowest BCUT2D eigenvalue weighted by atomic mass is 11.0. The van der Waals surface area contributed by atoms with Crippen molar-refractivity contribution in [2.75, 3.05) is 14.2 Å². The fourth-order valence-corrected chi connectivity index (χ4v) is 0.119. The van der Waals surface area contributed by atoms with Crippen LogP contribution in [0.5, 0.6) is 0 Å². The summed E-state index contributed by atoms with van der Waals surface area (Å²) in [5.41, 5.74) is 2.94.